The highest BCUT2D eigenvalue weighted by atomic mass is 16.4. The number of carbonyl (C=O) groups is 2. The van der Waals surface area contributed by atoms with Crippen LogP contribution in [0.3, 0.4) is 0 Å². The summed E-state index contributed by atoms with van der Waals surface area (Å²) in [5.41, 5.74) is 0. The molecule has 0 bridgehead atoms. The summed E-state index contributed by atoms with van der Waals surface area (Å²) in [5.74, 6) is -0.996. The minimum atomic E-state index is -0.882. The molecule has 5 nitrogen and oxygen atoms in total. The molecular formula is C12H22N2O3. The van der Waals surface area contributed by atoms with Crippen LogP contribution in [0.4, 0.5) is 4.79 Å². The first-order valence-corrected chi connectivity index (χ1v) is 6.19. The van der Waals surface area contributed by atoms with Crippen molar-refractivity contribution >= 4 is 12.0 Å². The zero-order chi connectivity index (χ0) is 13.0. The number of carbonyl (C=O) groups excluding carboxylic acids is 1. The van der Waals surface area contributed by atoms with Crippen molar-refractivity contribution in [1.82, 2.24) is 10.2 Å². The van der Waals surface area contributed by atoms with Crippen molar-refractivity contribution in [2.24, 2.45) is 11.8 Å². The Morgan fingerprint density at radius 1 is 1.35 bits per heavy atom. The van der Waals surface area contributed by atoms with Gasteiger partial charge in [0.1, 0.15) is 0 Å². The number of urea groups is 1. The van der Waals surface area contributed by atoms with E-state index in [0.29, 0.717) is 12.0 Å². The first-order chi connectivity index (χ1) is 7.91. The Balaban J connectivity index is 2.40. The van der Waals surface area contributed by atoms with Gasteiger partial charge >= 0.3 is 12.0 Å². The van der Waals surface area contributed by atoms with Crippen LogP contribution >= 0.6 is 0 Å². The van der Waals surface area contributed by atoms with Crippen LogP contribution in [-0.2, 0) is 4.79 Å². The monoisotopic (exact) mass is 242 g/mol. The number of aliphatic carboxylic acids is 1. The van der Waals surface area contributed by atoms with E-state index < -0.39 is 11.9 Å². The summed E-state index contributed by atoms with van der Waals surface area (Å²) in [5, 5.41) is 11.4. The third kappa shape index (κ3) is 4.63. The van der Waals surface area contributed by atoms with Gasteiger partial charge < -0.3 is 15.3 Å². The lowest BCUT2D eigenvalue weighted by Gasteiger charge is -2.25. The van der Waals surface area contributed by atoms with E-state index >= 15 is 0 Å². The fraction of sp³-hybridized carbons (Fsp3) is 0.833. The van der Waals surface area contributed by atoms with Crippen LogP contribution in [0.15, 0.2) is 0 Å². The van der Waals surface area contributed by atoms with Crippen molar-refractivity contribution in [3.8, 4) is 0 Å². The summed E-state index contributed by atoms with van der Waals surface area (Å²) < 4.78 is 0. The van der Waals surface area contributed by atoms with Gasteiger partial charge in [-0.05, 0) is 18.8 Å². The lowest BCUT2D eigenvalue weighted by molar-refractivity contribution is -0.140. The Bertz CT molecular complexity index is 287. The molecule has 0 spiro atoms. The maximum Gasteiger partial charge on any atom is 0.317 e. The number of carboxylic acid groups (broad SMARTS) is 1. The third-order valence-electron chi connectivity index (χ3n) is 2.79. The smallest absolute Gasteiger partial charge is 0.317 e. The van der Waals surface area contributed by atoms with Gasteiger partial charge in [-0.3, -0.25) is 4.79 Å². The van der Waals surface area contributed by atoms with E-state index in [1.165, 1.54) is 0 Å². The molecule has 0 aromatic heterocycles. The minimum absolute atomic E-state index is 0.130. The molecule has 0 radical (unpaired) electrons. The number of hydrogen-bond donors (Lipinski definition) is 2. The molecule has 17 heavy (non-hydrogen) atoms. The number of nitrogens with zero attached hydrogens (tertiary/aromatic N) is 1. The fourth-order valence-electron chi connectivity index (χ4n) is 1.61. The Morgan fingerprint density at radius 2 is 1.94 bits per heavy atom. The number of hydrogen-bond acceptors (Lipinski definition) is 2. The van der Waals surface area contributed by atoms with Crippen molar-refractivity contribution in [3.05, 3.63) is 0 Å². The highest BCUT2D eigenvalue weighted by Gasteiger charge is 2.32. The molecule has 2 N–H and O–H groups in total. The van der Waals surface area contributed by atoms with Gasteiger partial charge in [0.15, 0.2) is 0 Å². The van der Waals surface area contributed by atoms with Gasteiger partial charge in [-0.1, -0.05) is 20.8 Å². The van der Waals surface area contributed by atoms with Gasteiger partial charge in [-0.15, -0.1) is 0 Å². The minimum Gasteiger partial charge on any atom is -0.481 e. The maximum atomic E-state index is 11.9. The second-order valence-corrected chi connectivity index (χ2v) is 5.20. The van der Waals surface area contributed by atoms with Crippen LogP contribution in [0.25, 0.3) is 0 Å². The average molecular weight is 242 g/mol. The molecule has 1 unspecified atom stereocenters. The van der Waals surface area contributed by atoms with Gasteiger partial charge in [0, 0.05) is 19.1 Å². The second kappa shape index (κ2) is 5.89. The van der Waals surface area contributed by atoms with E-state index in [2.05, 4.69) is 19.2 Å². The molecule has 98 valence electrons. The number of carboxylic acids is 1. The SMILES string of the molecule is CC(C)CN(C(=O)NCC(C)C(=O)O)C1CC1. The van der Waals surface area contributed by atoms with Crippen LogP contribution in [-0.4, -0.2) is 41.1 Å². The Morgan fingerprint density at radius 3 is 2.35 bits per heavy atom. The van der Waals surface area contributed by atoms with Crippen LogP contribution in [0.2, 0.25) is 0 Å². The van der Waals surface area contributed by atoms with Crippen molar-refractivity contribution in [3.63, 3.8) is 0 Å². The van der Waals surface area contributed by atoms with Crippen LogP contribution in [0.1, 0.15) is 33.6 Å². The second-order valence-electron chi connectivity index (χ2n) is 5.20. The molecule has 0 heterocycles. The zero-order valence-corrected chi connectivity index (χ0v) is 10.8. The summed E-state index contributed by atoms with van der Waals surface area (Å²) in [6.45, 7) is 6.66. The highest BCUT2D eigenvalue weighted by Crippen LogP contribution is 2.27. The summed E-state index contributed by atoms with van der Waals surface area (Å²) in [6, 6.07) is 0.229. The van der Waals surface area contributed by atoms with E-state index in [4.69, 9.17) is 5.11 Å². The van der Waals surface area contributed by atoms with Crippen molar-refractivity contribution in [2.45, 2.75) is 39.7 Å². The quantitative estimate of drug-likeness (QED) is 0.742. The van der Waals surface area contributed by atoms with Crippen molar-refractivity contribution in [2.75, 3.05) is 13.1 Å². The molecule has 0 saturated heterocycles. The summed E-state index contributed by atoms with van der Waals surface area (Å²) in [7, 11) is 0. The Labute approximate surface area is 102 Å². The first-order valence-electron chi connectivity index (χ1n) is 6.19. The Hall–Kier alpha value is -1.26. The van der Waals surface area contributed by atoms with E-state index in [9.17, 15) is 9.59 Å². The molecule has 2 amide bonds. The topological polar surface area (TPSA) is 69.6 Å². The predicted octanol–water partition coefficient (Wildman–Crippen LogP) is 1.54. The average Bonchev–Trinajstić information content (AvgIpc) is 3.05. The molecule has 1 fully saturated rings. The van der Waals surface area contributed by atoms with Crippen molar-refractivity contribution in [1.29, 1.82) is 0 Å². The fourth-order valence-corrected chi connectivity index (χ4v) is 1.61. The van der Waals surface area contributed by atoms with Crippen LogP contribution in [0, 0.1) is 11.8 Å². The van der Waals surface area contributed by atoms with Gasteiger partial charge in [0.05, 0.1) is 5.92 Å². The normalized spacial score (nSPS) is 16.7. The van der Waals surface area contributed by atoms with E-state index in [-0.39, 0.29) is 12.6 Å². The number of nitrogens with one attached hydrogen (secondary N) is 1. The molecule has 0 aromatic rings. The van der Waals surface area contributed by atoms with Gasteiger partial charge in [0.25, 0.3) is 0 Å². The van der Waals surface area contributed by atoms with E-state index in [1.807, 2.05) is 4.90 Å². The lowest BCUT2D eigenvalue weighted by atomic mass is 10.2. The van der Waals surface area contributed by atoms with Gasteiger partial charge in [0.2, 0.25) is 0 Å². The molecule has 0 aliphatic heterocycles. The highest BCUT2D eigenvalue weighted by molar-refractivity contribution is 5.76. The first kappa shape index (κ1) is 13.8. The summed E-state index contributed by atoms with van der Waals surface area (Å²) in [4.78, 5) is 24.4. The van der Waals surface area contributed by atoms with E-state index in [0.717, 1.165) is 19.4 Å². The maximum absolute atomic E-state index is 11.9. The van der Waals surface area contributed by atoms with Crippen molar-refractivity contribution < 1.29 is 14.7 Å². The largest absolute Gasteiger partial charge is 0.481 e. The molecule has 1 atom stereocenters. The molecular weight excluding hydrogens is 220 g/mol. The molecule has 1 aliphatic rings. The molecule has 0 aromatic carbocycles. The molecule has 1 rings (SSSR count). The number of rotatable bonds is 6. The molecule has 1 saturated carbocycles. The standard InChI is InChI=1S/C12H22N2O3/c1-8(2)7-14(10-4-5-10)12(17)13-6-9(3)11(15)16/h8-10H,4-7H2,1-3H3,(H,13,17)(H,15,16). The summed E-state index contributed by atoms with van der Waals surface area (Å²) >= 11 is 0. The number of amides is 2. The lowest BCUT2D eigenvalue weighted by Crippen LogP contribution is -2.45. The third-order valence-corrected chi connectivity index (χ3v) is 2.79. The molecule has 1 aliphatic carbocycles. The van der Waals surface area contributed by atoms with Gasteiger partial charge in [-0.2, -0.15) is 0 Å². The van der Waals surface area contributed by atoms with Gasteiger partial charge in [-0.25, -0.2) is 4.79 Å². The van der Waals surface area contributed by atoms with E-state index in [1.54, 1.807) is 6.92 Å². The zero-order valence-electron chi connectivity index (χ0n) is 10.8. The predicted molar refractivity (Wildman–Crippen MR) is 64.8 cm³/mol. The molecule has 5 heteroatoms. The summed E-state index contributed by atoms with van der Waals surface area (Å²) in [6.07, 6.45) is 2.13. The van der Waals surface area contributed by atoms with Crippen LogP contribution in [0.5, 0.6) is 0 Å². The Kier molecular flexibility index (Phi) is 4.78. The van der Waals surface area contributed by atoms with Crippen LogP contribution < -0.4 is 5.32 Å².